The lowest BCUT2D eigenvalue weighted by molar-refractivity contribution is 0.140. The normalized spacial score (nSPS) is 10.7. The molecule has 0 saturated carbocycles. The predicted octanol–water partition coefficient (Wildman–Crippen LogP) is 4.10. The molecule has 0 aliphatic carbocycles. The fourth-order valence-corrected chi connectivity index (χ4v) is 2.95. The quantitative estimate of drug-likeness (QED) is 0.615. The number of carbonyl (C=O) groups excluding carboxylic acids is 1. The van der Waals surface area contributed by atoms with Gasteiger partial charge in [0.1, 0.15) is 12.4 Å². The number of fused-ring (bicyclic) bond motifs is 1. The van der Waals surface area contributed by atoms with E-state index in [0.717, 1.165) is 26.5 Å². The number of phenolic OH excluding ortho intramolecular Hbond substituents is 1. The van der Waals surface area contributed by atoms with Gasteiger partial charge in [0.05, 0.1) is 0 Å². The Hall–Kier alpha value is -2.47. The molecule has 0 aliphatic heterocycles. The van der Waals surface area contributed by atoms with E-state index >= 15 is 0 Å². The number of aromatic hydroxyl groups is 1. The van der Waals surface area contributed by atoms with Crippen molar-refractivity contribution >= 4 is 32.9 Å². The number of benzene rings is 2. The third-order valence-electron chi connectivity index (χ3n) is 3.67. The van der Waals surface area contributed by atoms with E-state index in [1.54, 1.807) is 12.1 Å². The van der Waals surface area contributed by atoms with E-state index in [2.05, 4.69) is 26.2 Å². The molecule has 6 heteroatoms. The van der Waals surface area contributed by atoms with E-state index in [1.165, 1.54) is 0 Å². The molecule has 0 radical (unpaired) electrons. The Morgan fingerprint density at radius 1 is 1.25 bits per heavy atom. The molecule has 0 bridgehead atoms. The number of hydrogen-bond acceptors (Lipinski definition) is 3. The first-order valence-corrected chi connectivity index (χ1v) is 8.35. The molecule has 1 amide bonds. The summed E-state index contributed by atoms with van der Waals surface area (Å²) in [7, 11) is 0. The number of carbonyl (C=O) groups is 1. The maximum absolute atomic E-state index is 11.8. The van der Waals surface area contributed by atoms with Gasteiger partial charge in [0.15, 0.2) is 0 Å². The van der Waals surface area contributed by atoms with Crippen LogP contribution in [0.5, 0.6) is 5.75 Å². The van der Waals surface area contributed by atoms with Crippen LogP contribution in [-0.2, 0) is 17.8 Å². The highest BCUT2D eigenvalue weighted by Gasteiger charge is 2.07. The Bertz CT molecular complexity index is 860. The third kappa shape index (κ3) is 4.08. The van der Waals surface area contributed by atoms with Crippen LogP contribution in [0.15, 0.2) is 53.1 Å². The molecular formula is C18H17BrN2O3. The van der Waals surface area contributed by atoms with Crippen LogP contribution in [0.25, 0.3) is 10.9 Å². The number of nitrogens with one attached hydrogen (secondary N) is 2. The van der Waals surface area contributed by atoms with Crippen LogP contribution in [0.3, 0.4) is 0 Å². The van der Waals surface area contributed by atoms with Gasteiger partial charge in [0.25, 0.3) is 0 Å². The van der Waals surface area contributed by atoms with Crippen molar-refractivity contribution in [3.05, 3.63) is 64.3 Å². The molecule has 124 valence electrons. The zero-order chi connectivity index (χ0) is 16.9. The number of phenols is 1. The van der Waals surface area contributed by atoms with Gasteiger partial charge in [-0.25, -0.2) is 4.79 Å². The van der Waals surface area contributed by atoms with Crippen molar-refractivity contribution in [1.29, 1.82) is 0 Å². The van der Waals surface area contributed by atoms with Gasteiger partial charge in [-0.15, -0.1) is 0 Å². The number of halogens is 1. The van der Waals surface area contributed by atoms with Gasteiger partial charge in [-0.3, -0.25) is 0 Å². The molecule has 2 aromatic carbocycles. The van der Waals surface area contributed by atoms with Crippen molar-refractivity contribution in [3.63, 3.8) is 0 Å². The number of rotatable bonds is 5. The molecular weight excluding hydrogens is 372 g/mol. The van der Waals surface area contributed by atoms with Crippen molar-refractivity contribution in [2.45, 2.75) is 13.0 Å². The number of amides is 1. The van der Waals surface area contributed by atoms with Crippen LogP contribution < -0.4 is 5.32 Å². The third-order valence-corrected chi connectivity index (χ3v) is 4.17. The molecule has 0 spiro atoms. The lowest BCUT2D eigenvalue weighted by Gasteiger charge is -2.07. The lowest BCUT2D eigenvalue weighted by atomic mass is 10.1. The van der Waals surface area contributed by atoms with Gasteiger partial charge >= 0.3 is 6.09 Å². The second-order valence-electron chi connectivity index (χ2n) is 5.43. The lowest BCUT2D eigenvalue weighted by Crippen LogP contribution is -2.26. The van der Waals surface area contributed by atoms with E-state index in [9.17, 15) is 9.90 Å². The highest BCUT2D eigenvalue weighted by molar-refractivity contribution is 9.10. The van der Waals surface area contributed by atoms with Crippen molar-refractivity contribution in [2.75, 3.05) is 6.54 Å². The van der Waals surface area contributed by atoms with Gasteiger partial charge in [-0.2, -0.15) is 0 Å². The minimum absolute atomic E-state index is 0.227. The topological polar surface area (TPSA) is 74.4 Å². The van der Waals surface area contributed by atoms with E-state index in [1.807, 2.05) is 36.5 Å². The van der Waals surface area contributed by atoms with Gasteiger partial charge in [-0.1, -0.05) is 28.1 Å². The largest absolute Gasteiger partial charge is 0.508 e. The molecule has 5 nitrogen and oxygen atoms in total. The number of H-pyrrole nitrogens is 1. The van der Waals surface area contributed by atoms with Crippen LogP contribution in [0.1, 0.15) is 11.1 Å². The maximum Gasteiger partial charge on any atom is 0.407 e. The van der Waals surface area contributed by atoms with E-state index in [-0.39, 0.29) is 12.4 Å². The highest BCUT2D eigenvalue weighted by Crippen LogP contribution is 2.23. The van der Waals surface area contributed by atoms with Crippen molar-refractivity contribution in [3.8, 4) is 5.75 Å². The number of hydrogen-bond donors (Lipinski definition) is 3. The first-order valence-electron chi connectivity index (χ1n) is 7.56. The first-order chi connectivity index (χ1) is 11.6. The van der Waals surface area contributed by atoms with Crippen molar-refractivity contribution in [1.82, 2.24) is 10.3 Å². The Balaban J connectivity index is 1.48. The Labute approximate surface area is 147 Å². The van der Waals surface area contributed by atoms with Gasteiger partial charge in [0.2, 0.25) is 0 Å². The smallest absolute Gasteiger partial charge is 0.407 e. The number of alkyl carbamates (subject to hydrolysis) is 1. The first kappa shape index (κ1) is 16.4. The fraction of sp³-hybridized carbons (Fsp3) is 0.167. The zero-order valence-electron chi connectivity index (χ0n) is 12.9. The molecule has 0 saturated heterocycles. The Morgan fingerprint density at radius 3 is 2.96 bits per heavy atom. The molecule has 1 heterocycles. The second-order valence-corrected chi connectivity index (χ2v) is 6.34. The summed E-state index contributed by atoms with van der Waals surface area (Å²) in [5, 5.41) is 13.3. The summed E-state index contributed by atoms with van der Waals surface area (Å²) in [4.78, 5) is 14.9. The molecule has 3 N–H and O–H groups in total. The summed E-state index contributed by atoms with van der Waals surface area (Å²) in [5.74, 6) is 0.227. The molecule has 3 aromatic rings. The van der Waals surface area contributed by atoms with Gasteiger partial charge in [-0.05, 0) is 47.9 Å². The average molecular weight is 389 g/mol. The molecule has 0 aliphatic rings. The summed E-state index contributed by atoms with van der Waals surface area (Å²) in [6, 6.07) is 12.8. The Morgan fingerprint density at radius 2 is 2.12 bits per heavy atom. The van der Waals surface area contributed by atoms with E-state index in [4.69, 9.17) is 4.74 Å². The van der Waals surface area contributed by atoms with E-state index in [0.29, 0.717) is 13.0 Å². The van der Waals surface area contributed by atoms with Gasteiger partial charge in [0, 0.05) is 28.1 Å². The number of ether oxygens (including phenoxy) is 1. The van der Waals surface area contributed by atoms with Crippen molar-refractivity contribution in [2.24, 2.45) is 0 Å². The second kappa shape index (κ2) is 7.40. The Kier molecular flexibility index (Phi) is 5.05. The van der Waals surface area contributed by atoms with Crippen LogP contribution in [0.4, 0.5) is 4.79 Å². The standard InChI is InChI=1S/C18H17BrN2O3/c19-14-3-1-2-12(8-14)11-24-18(23)20-7-6-13-10-21-17-5-4-15(22)9-16(13)17/h1-5,8-10,21-22H,6-7,11H2,(H,20,23). The molecule has 0 fully saturated rings. The van der Waals surface area contributed by atoms with Crippen LogP contribution in [0.2, 0.25) is 0 Å². The molecule has 0 atom stereocenters. The van der Waals surface area contributed by atoms with Crippen LogP contribution in [0, 0.1) is 0 Å². The summed E-state index contributed by atoms with van der Waals surface area (Å²) in [6.45, 7) is 0.687. The highest BCUT2D eigenvalue weighted by atomic mass is 79.9. The molecule has 1 aromatic heterocycles. The summed E-state index contributed by atoms with van der Waals surface area (Å²) in [5.41, 5.74) is 2.92. The maximum atomic E-state index is 11.8. The summed E-state index contributed by atoms with van der Waals surface area (Å²) >= 11 is 3.38. The van der Waals surface area contributed by atoms with Crippen LogP contribution >= 0.6 is 15.9 Å². The SMILES string of the molecule is O=C(NCCc1c[nH]c2ccc(O)cc12)OCc1cccc(Br)c1. The fourth-order valence-electron chi connectivity index (χ4n) is 2.50. The minimum Gasteiger partial charge on any atom is -0.508 e. The number of aromatic amines is 1. The van der Waals surface area contributed by atoms with Gasteiger partial charge < -0.3 is 20.1 Å². The summed E-state index contributed by atoms with van der Waals surface area (Å²) in [6.07, 6.45) is 2.09. The molecule has 0 unspecified atom stereocenters. The summed E-state index contributed by atoms with van der Waals surface area (Å²) < 4.78 is 6.14. The molecule has 24 heavy (non-hydrogen) atoms. The predicted molar refractivity (Wildman–Crippen MR) is 96.0 cm³/mol. The molecule has 3 rings (SSSR count). The monoisotopic (exact) mass is 388 g/mol. The minimum atomic E-state index is -0.447. The average Bonchev–Trinajstić information content (AvgIpc) is 2.95. The van der Waals surface area contributed by atoms with Crippen LogP contribution in [-0.4, -0.2) is 22.7 Å². The zero-order valence-corrected chi connectivity index (χ0v) is 14.5. The van der Waals surface area contributed by atoms with E-state index < -0.39 is 6.09 Å². The number of aromatic nitrogens is 1. The van der Waals surface area contributed by atoms with Crippen molar-refractivity contribution < 1.29 is 14.6 Å².